The lowest BCUT2D eigenvalue weighted by Gasteiger charge is -2.31. The van der Waals surface area contributed by atoms with Crippen LogP contribution in [0.25, 0.3) is 0 Å². The number of urea groups is 1. The lowest BCUT2D eigenvalue weighted by molar-refractivity contribution is 0.0980. The second-order valence-corrected chi connectivity index (χ2v) is 9.66. The molecule has 8 heteroatoms. The minimum atomic E-state index is -0.558. The Labute approximate surface area is 210 Å². The van der Waals surface area contributed by atoms with Crippen LogP contribution in [0.4, 0.5) is 14.9 Å². The molecule has 2 aliphatic rings. The van der Waals surface area contributed by atoms with Crippen molar-refractivity contribution < 1.29 is 14.0 Å². The quantitative estimate of drug-likeness (QED) is 0.559. The summed E-state index contributed by atoms with van der Waals surface area (Å²) in [6.07, 6.45) is 6.33. The maximum Gasteiger partial charge on any atom is 0.317 e. The summed E-state index contributed by atoms with van der Waals surface area (Å²) in [7, 11) is 1.89. The number of benzene rings is 2. The fourth-order valence-electron chi connectivity index (χ4n) is 5.30. The first-order valence-corrected chi connectivity index (χ1v) is 12.7. The Morgan fingerprint density at radius 3 is 2.53 bits per heavy atom. The maximum atomic E-state index is 14.5. The van der Waals surface area contributed by atoms with Gasteiger partial charge in [0, 0.05) is 43.0 Å². The molecule has 36 heavy (non-hydrogen) atoms. The topological polar surface area (TPSA) is 70.5 Å². The molecule has 0 saturated heterocycles. The van der Waals surface area contributed by atoms with Gasteiger partial charge in [0.15, 0.2) is 0 Å². The SMILES string of the molecule is Cn1nc(CN(C(=O)c2ccccc2F)c2ccccc2)c2c1CCN(C(=O)NC1CCCCC1)C2. The molecule has 0 atom stereocenters. The Morgan fingerprint density at radius 1 is 1.06 bits per heavy atom. The number of fused-ring (bicyclic) bond motifs is 1. The summed E-state index contributed by atoms with van der Waals surface area (Å²) < 4.78 is 16.4. The molecule has 0 spiro atoms. The van der Waals surface area contributed by atoms with E-state index in [0.717, 1.165) is 42.6 Å². The molecule has 1 saturated carbocycles. The van der Waals surface area contributed by atoms with Crippen molar-refractivity contribution in [1.29, 1.82) is 0 Å². The zero-order valence-corrected chi connectivity index (χ0v) is 20.6. The van der Waals surface area contributed by atoms with Gasteiger partial charge in [-0.2, -0.15) is 5.10 Å². The van der Waals surface area contributed by atoms with Gasteiger partial charge < -0.3 is 15.1 Å². The zero-order chi connectivity index (χ0) is 25.1. The third kappa shape index (κ3) is 4.98. The molecular formula is C28H32FN5O2. The molecule has 0 radical (unpaired) electrons. The predicted molar refractivity (Wildman–Crippen MR) is 136 cm³/mol. The standard InChI is InChI=1S/C28H32FN5O2/c1-32-26-16-17-33(28(36)30-20-10-4-2-5-11-20)18-23(26)25(31-32)19-34(21-12-6-3-7-13-21)27(35)22-14-8-9-15-24(22)29/h3,6-9,12-15,20H,2,4-5,10-11,16-19H2,1H3,(H,30,36). The molecule has 1 aromatic heterocycles. The average Bonchev–Trinajstić information content (AvgIpc) is 3.22. The summed E-state index contributed by atoms with van der Waals surface area (Å²) in [4.78, 5) is 30.0. The Balaban J connectivity index is 1.40. The fourth-order valence-corrected chi connectivity index (χ4v) is 5.30. The summed E-state index contributed by atoms with van der Waals surface area (Å²) in [5.74, 6) is -0.988. The van der Waals surface area contributed by atoms with E-state index in [1.807, 2.05) is 47.0 Å². The number of aromatic nitrogens is 2. The van der Waals surface area contributed by atoms with Crippen molar-refractivity contribution in [3.05, 3.63) is 82.9 Å². The number of aryl methyl sites for hydroxylation is 1. The highest BCUT2D eigenvalue weighted by atomic mass is 19.1. The van der Waals surface area contributed by atoms with Gasteiger partial charge in [0.2, 0.25) is 0 Å². The lowest BCUT2D eigenvalue weighted by Crippen LogP contribution is -2.47. The third-order valence-corrected chi connectivity index (χ3v) is 7.27. The Bertz CT molecular complexity index is 1240. The van der Waals surface area contributed by atoms with E-state index in [2.05, 4.69) is 5.32 Å². The summed E-state index contributed by atoms with van der Waals surface area (Å²) in [6, 6.07) is 15.5. The fraction of sp³-hybridized carbons (Fsp3) is 0.393. The lowest BCUT2D eigenvalue weighted by atomic mass is 9.95. The summed E-state index contributed by atoms with van der Waals surface area (Å²) >= 11 is 0. The van der Waals surface area contributed by atoms with Crippen LogP contribution in [0.5, 0.6) is 0 Å². The van der Waals surface area contributed by atoms with Gasteiger partial charge >= 0.3 is 6.03 Å². The van der Waals surface area contributed by atoms with E-state index in [4.69, 9.17) is 5.10 Å². The van der Waals surface area contributed by atoms with Crippen molar-refractivity contribution in [3.8, 4) is 0 Å². The number of nitrogens with one attached hydrogen (secondary N) is 1. The second kappa shape index (κ2) is 10.5. The largest absolute Gasteiger partial charge is 0.335 e. The highest BCUT2D eigenvalue weighted by Gasteiger charge is 2.30. The van der Waals surface area contributed by atoms with E-state index < -0.39 is 11.7 Å². The molecule has 1 fully saturated rings. The number of halogens is 1. The van der Waals surface area contributed by atoms with E-state index >= 15 is 0 Å². The van der Waals surface area contributed by atoms with Crippen molar-refractivity contribution in [1.82, 2.24) is 20.0 Å². The van der Waals surface area contributed by atoms with Crippen LogP contribution in [0.15, 0.2) is 54.6 Å². The monoisotopic (exact) mass is 489 g/mol. The third-order valence-electron chi connectivity index (χ3n) is 7.27. The molecule has 3 amide bonds. The molecule has 0 unspecified atom stereocenters. The molecule has 7 nitrogen and oxygen atoms in total. The van der Waals surface area contributed by atoms with Crippen LogP contribution >= 0.6 is 0 Å². The maximum absolute atomic E-state index is 14.5. The molecule has 1 aliphatic carbocycles. The van der Waals surface area contributed by atoms with E-state index in [1.54, 1.807) is 17.0 Å². The molecule has 1 aliphatic heterocycles. The summed E-state index contributed by atoms with van der Waals surface area (Å²) in [5.41, 5.74) is 3.42. The van der Waals surface area contributed by atoms with Gasteiger partial charge in [-0.25, -0.2) is 9.18 Å². The molecule has 2 aromatic carbocycles. The van der Waals surface area contributed by atoms with Crippen molar-refractivity contribution in [2.24, 2.45) is 7.05 Å². The van der Waals surface area contributed by atoms with Gasteiger partial charge in [-0.3, -0.25) is 9.48 Å². The van der Waals surface area contributed by atoms with Crippen molar-refractivity contribution in [3.63, 3.8) is 0 Å². The molecule has 1 N–H and O–H groups in total. The van der Waals surface area contributed by atoms with Gasteiger partial charge in [0.25, 0.3) is 5.91 Å². The zero-order valence-electron chi connectivity index (χ0n) is 20.6. The van der Waals surface area contributed by atoms with Crippen LogP contribution in [-0.2, 0) is 26.6 Å². The number of hydrogen-bond acceptors (Lipinski definition) is 3. The van der Waals surface area contributed by atoms with E-state index in [0.29, 0.717) is 25.2 Å². The number of carbonyl (C=O) groups excluding carboxylic acids is 2. The second-order valence-electron chi connectivity index (χ2n) is 9.66. The molecule has 3 aromatic rings. The number of carbonyl (C=O) groups is 2. The Morgan fingerprint density at radius 2 is 1.78 bits per heavy atom. The molecule has 0 bridgehead atoms. The summed E-state index contributed by atoms with van der Waals surface area (Å²) in [6.45, 7) is 1.24. The van der Waals surface area contributed by atoms with E-state index in [-0.39, 0.29) is 24.2 Å². The first kappa shape index (κ1) is 24.0. The Kier molecular flexibility index (Phi) is 7.02. The van der Waals surface area contributed by atoms with Crippen LogP contribution in [0.1, 0.15) is 59.4 Å². The summed E-state index contributed by atoms with van der Waals surface area (Å²) in [5, 5.41) is 7.95. The van der Waals surface area contributed by atoms with Crippen LogP contribution < -0.4 is 10.2 Å². The molecule has 2 heterocycles. The number of hydrogen-bond donors (Lipinski definition) is 1. The smallest absolute Gasteiger partial charge is 0.317 e. The Hall–Kier alpha value is -3.68. The molecule has 5 rings (SSSR count). The van der Waals surface area contributed by atoms with E-state index in [1.165, 1.54) is 18.6 Å². The minimum Gasteiger partial charge on any atom is -0.335 e. The van der Waals surface area contributed by atoms with E-state index in [9.17, 15) is 14.0 Å². The first-order valence-electron chi connectivity index (χ1n) is 12.7. The van der Waals surface area contributed by atoms with Crippen molar-refractivity contribution in [2.45, 2.75) is 57.7 Å². The van der Waals surface area contributed by atoms with Gasteiger partial charge in [-0.15, -0.1) is 0 Å². The number of nitrogens with zero attached hydrogens (tertiary/aromatic N) is 4. The minimum absolute atomic E-state index is 0.0136. The average molecular weight is 490 g/mol. The van der Waals surface area contributed by atoms with Crippen molar-refractivity contribution in [2.75, 3.05) is 11.4 Å². The van der Waals surface area contributed by atoms with Crippen LogP contribution in [0, 0.1) is 5.82 Å². The van der Waals surface area contributed by atoms with Gasteiger partial charge in [0.05, 0.1) is 24.3 Å². The molecule has 188 valence electrons. The number of amides is 3. The molecular weight excluding hydrogens is 457 g/mol. The van der Waals surface area contributed by atoms with Crippen LogP contribution in [0.2, 0.25) is 0 Å². The highest BCUT2D eigenvalue weighted by Crippen LogP contribution is 2.27. The van der Waals surface area contributed by atoms with Crippen molar-refractivity contribution >= 4 is 17.6 Å². The van der Waals surface area contributed by atoms with Crippen LogP contribution in [0.3, 0.4) is 0 Å². The van der Waals surface area contributed by atoms with Crippen LogP contribution in [-0.4, -0.2) is 39.2 Å². The number of rotatable bonds is 5. The normalized spacial score (nSPS) is 15.9. The highest BCUT2D eigenvalue weighted by molar-refractivity contribution is 6.06. The van der Waals surface area contributed by atoms with Gasteiger partial charge in [0.1, 0.15) is 5.82 Å². The predicted octanol–water partition coefficient (Wildman–Crippen LogP) is 4.81. The first-order chi connectivity index (χ1) is 17.5. The number of anilines is 1. The van der Waals surface area contributed by atoms with Gasteiger partial charge in [-0.1, -0.05) is 49.6 Å². The van der Waals surface area contributed by atoms with Gasteiger partial charge in [-0.05, 0) is 37.1 Å². The number of para-hydroxylation sites is 1.